The fourth-order valence-corrected chi connectivity index (χ4v) is 8.63. The van der Waals surface area contributed by atoms with Gasteiger partial charge in [-0.3, -0.25) is 9.88 Å². The molecule has 0 saturated carbocycles. The van der Waals surface area contributed by atoms with Crippen molar-refractivity contribution in [1.29, 1.82) is 0 Å². The van der Waals surface area contributed by atoms with E-state index < -0.39 is 0 Å². The molecule has 8 rings (SSSR count). The number of aliphatic hydroxyl groups excluding tert-OH is 1. The highest BCUT2D eigenvalue weighted by atomic mass is 16.7. The molecule has 4 aliphatic rings. The summed E-state index contributed by atoms with van der Waals surface area (Å²) in [7, 11) is 1.64. The summed E-state index contributed by atoms with van der Waals surface area (Å²) < 4.78 is 17.8. The van der Waals surface area contributed by atoms with E-state index in [0.717, 1.165) is 103 Å². The zero-order valence-electron chi connectivity index (χ0n) is 26.4. The van der Waals surface area contributed by atoms with Gasteiger partial charge in [0, 0.05) is 49.5 Å². The normalized spacial score (nSPS) is 24.6. The molecule has 3 fully saturated rings. The zero-order chi connectivity index (χ0) is 30.5. The largest absolute Gasteiger partial charge is 0.468 e. The smallest absolute Gasteiger partial charge is 0.319 e. The van der Waals surface area contributed by atoms with Crippen LogP contribution >= 0.6 is 0 Å². The van der Waals surface area contributed by atoms with Crippen molar-refractivity contribution in [2.24, 2.45) is 0 Å². The number of hydrogen-bond acceptors (Lipinski definition) is 9. The number of aromatic nitrogens is 3. The van der Waals surface area contributed by atoms with Gasteiger partial charge >= 0.3 is 6.01 Å². The third kappa shape index (κ3) is 4.82. The van der Waals surface area contributed by atoms with Crippen LogP contribution in [0, 0.1) is 0 Å². The topological polar surface area (TPSA) is 93.1 Å². The lowest BCUT2D eigenvalue weighted by atomic mass is 9.79. The van der Waals surface area contributed by atoms with Crippen LogP contribution in [0.1, 0.15) is 75.3 Å². The van der Waals surface area contributed by atoms with Crippen LogP contribution in [-0.2, 0) is 4.74 Å². The first kappa shape index (κ1) is 28.9. The molecule has 236 valence electrons. The summed E-state index contributed by atoms with van der Waals surface area (Å²) in [6.07, 6.45) is 11.0. The summed E-state index contributed by atoms with van der Waals surface area (Å²) in [5.41, 5.74) is 5.25. The Kier molecular flexibility index (Phi) is 7.50. The molecule has 5 heterocycles. The monoisotopic (exact) mass is 609 g/mol. The molecule has 9 nitrogen and oxygen atoms in total. The lowest BCUT2D eigenvalue weighted by Gasteiger charge is -2.34. The van der Waals surface area contributed by atoms with Crippen LogP contribution in [0.5, 0.6) is 11.8 Å². The standard InChI is InChI=1S/C36H43N5O4/c1-23-27-10-7-9-24-17-26(45-22-43-2)18-28(31(24)27)32-30(23)33-29(19-37-32)34(40-14-5-3-4-6-15-40)39-35(38-33)44-21-36-12-8-16-41(36)25(20-42)11-13-36/h7,9-10,17-19,23,25,42H,3-6,8,11-16,20-22H2,1-2H3/t23?,25-,36-/m0/s1. The number of aliphatic hydroxyl groups is 1. The van der Waals surface area contributed by atoms with E-state index in [2.05, 4.69) is 47.1 Å². The SMILES string of the molecule is COCOc1cc2c3c(cccc3c1)C(C)c1c-2ncc2c(N3CCCCCC3)nc(OC[C@@]34CCCN3[C@H](CO)CC4)nc12. The minimum absolute atomic E-state index is 0.0490. The van der Waals surface area contributed by atoms with Crippen LogP contribution in [0.25, 0.3) is 32.9 Å². The van der Waals surface area contributed by atoms with Gasteiger partial charge in [-0.25, -0.2) is 0 Å². The van der Waals surface area contributed by atoms with E-state index in [1.54, 1.807) is 7.11 Å². The Labute approximate surface area is 264 Å². The maximum atomic E-state index is 10.0. The van der Waals surface area contributed by atoms with Crippen molar-refractivity contribution in [3.8, 4) is 23.0 Å². The Bertz CT molecular complexity index is 1740. The third-order valence-electron chi connectivity index (χ3n) is 10.8. The maximum Gasteiger partial charge on any atom is 0.319 e. The Morgan fingerprint density at radius 1 is 1.00 bits per heavy atom. The molecule has 2 aromatic heterocycles. The highest BCUT2D eigenvalue weighted by Gasteiger charge is 2.49. The van der Waals surface area contributed by atoms with Crippen LogP contribution in [-0.4, -0.2) is 83.3 Å². The van der Waals surface area contributed by atoms with Gasteiger partial charge in [-0.1, -0.05) is 38.0 Å². The number of benzene rings is 2. The quantitative estimate of drug-likeness (QED) is 0.240. The van der Waals surface area contributed by atoms with Crippen molar-refractivity contribution in [2.45, 2.75) is 75.8 Å². The van der Waals surface area contributed by atoms with Crippen molar-refractivity contribution >= 4 is 27.5 Å². The first-order valence-corrected chi connectivity index (χ1v) is 16.7. The number of rotatable bonds is 8. The lowest BCUT2D eigenvalue weighted by Crippen LogP contribution is -2.47. The van der Waals surface area contributed by atoms with Gasteiger partial charge in [0.1, 0.15) is 18.2 Å². The van der Waals surface area contributed by atoms with Crippen LogP contribution in [0.4, 0.5) is 5.82 Å². The van der Waals surface area contributed by atoms with Gasteiger partial charge in [-0.2, -0.15) is 9.97 Å². The first-order chi connectivity index (χ1) is 22.1. The number of fused-ring (bicyclic) bond motifs is 5. The van der Waals surface area contributed by atoms with Crippen LogP contribution in [0.15, 0.2) is 36.5 Å². The van der Waals surface area contributed by atoms with E-state index in [-0.39, 0.29) is 30.9 Å². The van der Waals surface area contributed by atoms with Crippen LogP contribution in [0.2, 0.25) is 0 Å². The van der Waals surface area contributed by atoms with E-state index in [4.69, 9.17) is 29.2 Å². The molecule has 3 saturated heterocycles. The van der Waals surface area contributed by atoms with Gasteiger partial charge in [0.15, 0.2) is 6.79 Å². The van der Waals surface area contributed by atoms with E-state index in [9.17, 15) is 5.11 Å². The first-order valence-electron chi connectivity index (χ1n) is 16.7. The highest BCUT2D eigenvalue weighted by Crippen LogP contribution is 2.49. The summed E-state index contributed by atoms with van der Waals surface area (Å²) in [6.45, 7) is 6.15. The second kappa shape index (κ2) is 11.7. The van der Waals surface area contributed by atoms with Crippen molar-refractivity contribution in [3.05, 3.63) is 47.7 Å². The number of pyridine rings is 1. The molecule has 9 heteroatoms. The van der Waals surface area contributed by atoms with Crippen molar-refractivity contribution in [1.82, 2.24) is 19.9 Å². The second-order valence-electron chi connectivity index (χ2n) is 13.4. The Balaban J connectivity index is 1.27. The Hall–Kier alpha value is -3.53. The molecule has 45 heavy (non-hydrogen) atoms. The predicted molar refractivity (Wildman–Crippen MR) is 175 cm³/mol. The van der Waals surface area contributed by atoms with Crippen LogP contribution in [0.3, 0.4) is 0 Å². The van der Waals surface area contributed by atoms with Gasteiger partial charge in [-0.15, -0.1) is 0 Å². The zero-order valence-corrected chi connectivity index (χ0v) is 26.4. The minimum atomic E-state index is -0.0490. The van der Waals surface area contributed by atoms with E-state index in [0.29, 0.717) is 12.6 Å². The average molecular weight is 610 g/mol. The van der Waals surface area contributed by atoms with Crippen molar-refractivity contribution < 1.29 is 19.3 Å². The van der Waals surface area contributed by atoms with Gasteiger partial charge in [-0.05, 0) is 73.5 Å². The van der Waals surface area contributed by atoms with E-state index in [1.165, 1.54) is 23.8 Å². The number of hydrogen-bond donors (Lipinski definition) is 1. The fourth-order valence-electron chi connectivity index (χ4n) is 8.63. The summed E-state index contributed by atoms with van der Waals surface area (Å²) >= 11 is 0. The van der Waals surface area contributed by atoms with Crippen LogP contribution < -0.4 is 14.4 Å². The molecule has 1 N–H and O–H groups in total. The van der Waals surface area contributed by atoms with E-state index in [1.807, 2.05) is 6.20 Å². The van der Waals surface area contributed by atoms with Gasteiger partial charge in [0.25, 0.3) is 0 Å². The number of nitrogens with zero attached hydrogens (tertiary/aromatic N) is 5. The summed E-state index contributed by atoms with van der Waals surface area (Å²) in [6, 6.07) is 11.3. The number of anilines is 1. The summed E-state index contributed by atoms with van der Waals surface area (Å²) in [5.74, 6) is 1.77. The molecule has 3 atom stereocenters. The molecule has 0 amide bonds. The third-order valence-corrected chi connectivity index (χ3v) is 10.8. The second-order valence-corrected chi connectivity index (χ2v) is 13.4. The predicted octanol–water partition coefficient (Wildman–Crippen LogP) is 6.04. The molecule has 1 unspecified atom stereocenters. The molecule has 0 radical (unpaired) electrons. The maximum absolute atomic E-state index is 10.0. The Morgan fingerprint density at radius 3 is 2.69 bits per heavy atom. The summed E-state index contributed by atoms with van der Waals surface area (Å²) in [4.78, 5) is 20.4. The fraction of sp³-hybridized carbons (Fsp3) is 0.528. The number of ether oxygens (including phenoxy) is 3. The van der Waals surface area contributed by atoms with E-state index >= 15 is 0 Å². The molecular weight excluding hydrogens is 566 g/mol. The molecule has 3 aliphatic heterocycles. The van der Waals surface area contributed by atoms with Crippen molar-refractivity contribution in [2.75, 3.05) is 51.7 Å². The van der Waals surface area contributed by atoms with Gasteiger partial charge in [0.05, 0.1) is 28.7 Å². The lowest BCUT2D eigenvalue weighted by molar-refractivity contribution is 0.0512. The highest BCUT2D eigenvalue weighted by molar-refractivity contribution is 6.06. The number of methoxy groups -OCH3 is 1. The average Bonchev–Trinajstić information content (AvgIpc) is 3.51. The molecule has 4 aromatic rings. The van der Waals surface area contributed by atoms with Gasteiger partial charge in [0.2, 0.25) is 0 Å². The molecular formula is C36H43N5O4. The Morgan fingerprint density at radius 2 is 1.87 bits per heavy atom. The van der Waals surface area contributed by atoms with Crippen molar-refractivity contribution in [3.63, 3.8) is 0 Å². The molecule has 1 aliphatic carbocycles. The van der Waals surface area contributed by atoms with Gasteiger partial charge < -0.3 is 24.2 Å². The minimum Gasteiger partial charge on any atom is -0.468 e. The molecule has 2 aromatic carbocycles. The molecule has 0 spiro atoms. The summed E-state index contributed by atoms with van der Waals surface area (Å²) in [5, 5.41) is 13.4. The molecule has 0 bridgehead atoms.